The predicted octanol–water partition coefficient (Wildman–Crippen LogP) is 2.50. The van der Waals surface area contributed by atoms with Gasteiger partial charge in [0.15, 0.2) is 0 Å². The maximum atomic E-state index is 2.48. The molecule has 2 rings (SSSR count). The molecule has 1 heterocycles. The Balaban J connectivity index is 2.06. The Hall–Kier alpha value is -0.0900. The lowest BCUT2D eigenvalue weighted by molar-refractivity contribution is 0.172. The molecule has 0 bridgehead atoms. The van der Waals surface area contributed by atoms with E-state index < -0.39 is 0 Å². The fourth-order valence-electron chi connectivity index (χ4n) is 1.41. The van der Waals surface area contributed by atoms with Crippen molar-refractivity contribution in [3.63, 3.8) is 0 Å². The van der Waals surface area contributed by atoms with Crippen LogP contribution in [0.5, 0.6) is 0 Å². The molecule has 1 aliphatic rings. The van der Waals surface area contributed by atoms with Crippen LogP contribution in [0.15, 0.2) is 24.3 Å². The van der Waals surface area contributed by atoms with Gasteiger partial charge in [-0.3, -0.25) is 4.90 Å². The first-order valence-corrected chi connectivity index (χ1v) is 5.40. The summed E-state index contributed by atoms with van der Waals surface area (Å²) in [6.45, 7) is 3.70. The molecule has 0 atom stereocenters. The van der Waals surface area contributed by atoms with Crippen molar-refractivity contribution < 1.29 is 0 Å². The summed E-state index contributed by atoms with van der Waals surface area (Å²) in [6, 6.07) is 8.62. The van der Waals surface area contributed by atoms with Crippen LogP contribution >= 0.6 is 22.6 Å². The maximum absolute atomic E-state index is 2.48. The van der Waals surface area contributed by atoms with Gasteiger partial charge < -0.3 is 0 Å². The van der Waals surface area contributed by atoms with E-state index in [2.05, 4.69) is 51.8 Å². The van der Waals surface area contributed by atoms with Crippen LogP contribution in [-0.2, 0) is 6.54 Å². The quantitative estimate of drug-likeness (QED) is 0.748. The van der Waals surface area contributed by atoms with Gasteiger partial charge in [-0.1, -0.05) is 18.2 Å². The average molecular weight is 273 g/mol. The fourth-order valence-corrected chi connectivity index (χ4v) is 1.97. The average Bonchev–Trinajstić information content (AvgIpc) is 2.00. The van der Waals surface area contributed by atoms with E-state index in [1.54, 1.807) is 0 Å². The van der Waals surface area contributed by atoms with Crippen LogP contribution in [0.2, 0.25) is 0 Å². The third-order valence-electron chi connectivity index (χ3n) is 2.30. The van der Waals surface area contributed by atoms with Crippen LogP contribution in [0, 0.1) is 3.57 Å². The summed E-state index contributed by atoms with van der Waals surface area (Å²) in [5, 5.41) is 0. The molecule has 0 aliphatic carbocycles. The first kappa shape index (κ1) is 8.51. The van der Waals surface area contributed by atoms with Crippen LogP contribution in [0.1, 0.15) is 12.0 Å². The van der Waals surface area contributed by atoms with E-state index in [-0.39, 0.29) is 0 Å². The highest BCUT2D eigenvalue weighted by atomic mass is 127. The lowest BCUT2D eigenvalue weighted by Gasteiger charge is -2.30. The van der Waals surface area contributed by atoms with Crippen molar-refractivity contribution in [1.29, 1.82) is 0 Å². The van der Waals surface area contributed by atoms with Gasteiger partial charge in [0.25, 0.3) is 0 Å². The van der Waals surface area contributed by atoms with E-state index in [9.17, 15) is 0 Å². The molecule has 1 saturated heterocycles. The summed E-state index contributed by atoms with van der Waals surface area (Å²) in [6.07, 6.45) is 1.38. The standard InChI is InChI=1S/C10H12IN/c11-10-5-2-1-4-9(10)8-12-6-3-7-12/h1-2,4-5H,3,6-8H2. The Morgan fingerprint density at radius 3 is 2.58 bits per heavy atom. The van der Waals surface area contributed by atoms with Gasteiger partial charge in [0.2, 0.25) is 0 Å². The highest BCUT2D eigenvalue weighted by Gasteiger charge is 2.14. The molecule has 0 unspecified atom stereocenters. The molecule has 1 aromatic carbocycles. The van der Waals surface area contributed by atoms with Crippen molar-refractivity contribution >= 4 is 22.6 Å². The van der Waals surface area contributed by atoms with Crippen molar-refractivity contribution in [3.8, 4) is 0 Å². The lowest BCUT2D eigenvalue weighted by atomic mass is 10.1. The van der Waals surface area contributed by atoms with E-state index in [1.165, 1.54) is 28.6 Å². The van der Waals surface area contributed by atoms with E-state index in [1.807, 2.05) is 0 Å². The number of nitrogens with zero attached hydrogens (tertiary/aromatic N) is 1. The molecule has 1 aromatic rings. The Bertz CT molecular complexity index is 268. The lowest BCUT2D eigenvalue weighted by Crippen LogP contribution is -2.36. The summed E-state index contributed by atoms with van der Waals surface area (Å²) >= 11 is 2.41. The Morgan fingerprint density at radius 2 is 2.00 bits per heavy atom. The highest BCUT2D eigenvalue weighted by molar-refractivity contribution is 14.1. The molecular formula is C10H12IN. The zero-order valence-corrected chi connectivity index (χ0v) is 9.12. The third-order valence-corrected chi connectivity index (χ3v) is 3.35. The molecule has 0 spiro atoms. The third kappa shape index (κ3) is 1.80. The SMILES string of the molecule is Ic1ccccc1CN1CCC1. The van der Waals surface area contributed by atoms with Gasteiger partial charge in [0, 0.05) is 10.1 Å². The molecule has 64 valence electrons. The van der Waals surface area contributed by atoms with Crippen molar-refractivity contribution in [2.45, 2.75) is 13.0 Å². The molecule has 2 heteroatoms. The molecular weight excluding hydrogens is 261 g/mol. The largest absolute Gasteiger partial charge is 0.299 e. The van der Waals surface area contributed by atoms with Crippen molar-refractivity contribution in [2.24, 2.45) is 0 Å². The Kier molecular flexibility index (Phi) is 2.66. The molecule has 1 aliphatic heterocycles. The minimum absolute atomic E-state index is 1.14. The number of hydrogen-bond donors (Lipinski definition) is 0. The molecule has 1 nitrogen and oxygen atoms in total. The van der Waals surface area contributed by atoms with E-state index in [0.717, 1.165) is 6.54 Å². The van der Waals surface area contributed by atoms with Gasteiger partial charge in [-0.25, -0.2) is 0 Å². The van der Waals surface area contributed by atoms with E-state index in [4.69, 9.17) is 0 Å². The second kappa shape index (κ2) is 3.75. The first-order valence-electron chi connectivity index (χ1n) is 4.32. The van der Waals surface area contributed by atoms with Gasteiger partial charge in [0.1, 0.15) is 0 Å². The summed E-state index contributed by atoms with van der Waals surface area (Å²) in [5.74, 6) is 0. The van der Waals surface area contributed by atoms with Crippen LogP contribution in [0.25, 0.3) is 0 Å². The van der Waals surface area contributed by atoms with Crippen LogP contribution in [0.4, 0.5) is 0 Å². The molecule has 0 aromatic heterocycles. The van der Waals surface area contributed by atoms with Crippen LogP contribution in [-0.4, -0.2) is 18.0 Å². The Labute approximate surface area is 86.9 Å². The van der Waals surface area contributed by atoms with E-state index in [0.29, 0.717) is 0 Å². The van der Waals surface area contributed by atoms with Crippen molar-refractivity contribution in [2.75, 3.05) is 13.1 Å². The summed E-state index contributed by atoms with van der Waals surface area (Å²) in [7, 11) is 0. The smallest absolute Gasteiger partial charge is 0.0244 e. The van der Waals surface area contributed by atoms with Gasteiger partial charge >= 0.3 is 0 Å². The highest BCUT2D eigenvalue weighted by Crippen LogP contribution is 2.16. The van der Waals surface area contributed by atoms with Crippen LogP contribution in [0.3, 0.4) is 0 Å². The normalized spacial score (nSPS) is 17.4. The Morgan fingerprint density at radius 1 is 1.25 bits per heavy atom. The van der Waals surface area contributed by atoms with Gasteiger partial charge in [-0.05, 0) is 53.7 Å². The summed E-state index contributed by atoms with van der Waals surface area (Å²) in [5.41, 5.74) is 1.47. The van der Waals surface area contributed by atoms with E-state index >= 15 is 0 Å². The zero-order valence-electron chi connectivity index (χ0n) is 6.96. The zero-order chi connectivity index (χ0) is 8.39. The minimum Gasteiger partial charge on any atom is -0.299 e. The number of benzene rings is 1. The minimum atomic E-state index is 1.14. The van der Waals surface area contributed by atoms with Crippen LogP contribution < -0.4 is 0 Å². The summed E-state index contributed by atoms with van der Waals surface area (Å²) < 4.78 is 1.39. The fraction of sp³-hybridized carbons (Fsp3) is 0.400. The molecule has 1 fully saturated rings. The van der Waals surface area contributed by atoms with Crippen molar-refractivity contribution in [3.05, 3.63) is 33.4 Å². The second-order valence-electron chi connectivity index (χ2n) is 3.22. The predicted molar refractivity (Wildman–Crippen MR) is 59.1 cm³/mol. The van der Waals surface area contributed by atoms with Gasteiger partial charge in [0.05, 0.1) is 0 Å². The number of likely N-dealkylation sites (tertiary alicyclic amines) is 1. The maximum Gasteiger partial charge on any atom is 0.0244 e. The summed E-state index contributed by atoms with van der Waals surface area (Å²) in [4.78, 5) is 2.48. The topological polar surface area (TPSA) is 3.24 Å². The molecule has 0 N–H and O–H groups in total. The molecule has 0 saturated carbocycles. The number of halogens is 1. The monoisotopic (exact) mass is 273 g/mol. The first-order chi connectivity index (χ1) is 5.86. The second-order valence-corrected chi connectivity index (χ2v) is 4.38. The molecule has 0 amide bonds. The van der Waals surface area contributed by atoms with Gasteiger partial charge in [-0.2, -0.15) is 0 Å². The van der Waals surface area contributed by atoms with Crippen molar-refractivity contribution in [1.82, 2.24) is 4.90 Å². The number of hydrogen-bond acceptors (Lipinski definition) is 1. The molecule has 0 radical (unpaired) electrons. The number of rotatable bonds is 2. The van der Waals surface area contributed by atoms with Gasteiger partial charge in [-0.15, -0.1) is 0 Å². The molecule has 12 heavy (non-hydrogen) atoms.